The minimum atomic E-state index is 0.510. The maximum Gasteiger partial charge on any atom is 0.101 e. The SMILES string of the molecule is Cc1cccc(C#N)c1N(CCC#N)C1CC1. The average Bonchev–Trinajstić information content (AvgIpc) is 3.15. The Bertz CT molecular complexity index is 489. The van der Waals surface area contributed by atoms with Crippen molar-refractivity contribution in [2.45, 2.75) is 32.2 Å². The fraction of sp³-hybridized carbons (Fsp3) is 0.429. The number of rotatable bonds is 4. The Morgan fingerprint density at radius 1 is 1.35 bits per heavy atom. The second-order valence-corrected chi connectivity index (χ2v) is 4.42. The first-order valence-electron chi connectivity index (χ1n) is 5.91. The van der Waals surface area contributed by atoms with Crippen LogP contribution in [0.3, 0.4) is 0 Å². The fourth-order valence-electron chi connectivity index (χ4n) is 2.16. The molecule has 0 unspecified atom stereocenters. The molecule has 0 amide bonds. The summed E-state index contributed by atoms with van der Waals surface area (Å²) in [5.41, 5.74) is 2.86. The summed E-state index contributed by atoms with van der Waals surface area (Å²) in [5.74, 6) is 0. The zero-order valence-electron chi connectivity index (χ0n) is 9.98. The van der Waals surface area contributed by atoms with Gasteiger partial charge < -0.3 is 4.90 Å². The maximum absolute atomic E-state index is 9.18. The van der Waals surface area contributed by atoms with Crippen LogP contribution >= 0.6 is 0 Å². The zero-order chi connectivity index (χ0) is 12.3. The van der Waals surface area contributed by atoms with E-state index in [4.69, 9.17) is 5.26 Å². The first-order chi connectivity index (χ1) is 8.27. The Kier molecular flexibility index (Phi) is 3.30. The molecule has 1 aromatic carbocycles. The van der Waals surface area contributed by atoms with E-state index in [1.165, 1.54) is 12.8 Å². The van der Waals surface area contributed by atoms with Crippen LogP contribution in [0.2, 0.25) is 0 Å². The van der Waals surface area contributed by atoms with Crippen molar-refractivity contribution >= 4 is 5.69 Å². The highest BCUT2D eigenvalue weighted by atomic mass is 15.2. The molecule has 17 heavy (non-hydrogen) atoms. The monoisotopic (exact) mass is 225 g/mol. The van der Waals surface area contributed by atoms with Gasteiger partial charge in [-0.1, -0.05) is 12.1 Å². The molecule has 1 aromatic rings. The average molecular weight is 225 g/mol. The van der Waals surface area contributed by atoms with Crippen LogP contribution in [0.1, 0.15) is 30.4 Å². The van der Waals surface area contributed by atoms with Gasteiger partial charge in [-0.2, -0.15) is 10.5 Å². The minimum absolute atomic E-state index is 0.510. The number of hydrogen-bond donors (Lipinski definition) is 0. The summed E-state index contributed by atoms with van der Waals surface area (Å²) in [6, 6.07) is 10.7. The molecule has 0 aromatic heterocycles. The van der Waals surface area contributed by atoms with Gasteiger partial charge in [-0.05, 0) is 31.4 Å². The van der Waals surface area contributed by atoms with Gasteiger partial charge in [0.1, 0.15) is 6.07 Å². The lowest BCUT2D eigenvalue weighted by Crippen LogP contribution is -2.28. The van der Waals surface area contributed by atoms with E-state index in [0.717, 1.165) is 23.4 Å². The van der Waals surface area contributed by atoms with E-state index in [9.17, 15) is 5.26 Å². The molecule has 0 radical (unpaired) electrons. The van der Waals surface area contributed by atoms with Crippen molar-refractivity contribution in [2.75, 3.05) is 11.4 Å². The Morgan fingerprint density at radius 3 is 2.71 bits per heavy atom. The first-order valence-corrected chi connectivity index (χ1v) is 5.91. The van der Waals surface area contributed by atoms with Gasteiger partial charge in [0.05, 0.1) is 23.7 Å². The van der Waals surface area contributed by atoms with Crippen LogP contribution in [0.25, 0.3) is 0 Å². The van der Waals surface area contributed by atoms with Crippen LogP contribution in [-0.2, 0) is 0 Å². The lowest BCUT2D eigenvalue weighted by molar-refractivity contribution is 0.788. The van der Waals surface area contributed by atoms with Gasteiger partial charge in [0.2, 0.25) is 0 Å². The van der Waals surface area contributed by atoms with E-state index in [2.05, 4.69) is 17.0 Å². The molecule has 3 nitrogen and oxygen atoms in total. The van der Waals surface area contributed by atoms with Gasteiger partial charge in [0, 0.05) is 12.6 Å². The van der Waals surface area contributed by atoms with Crippen molar-refractivity contribution in [3.63, 3.8) is 0 Å². The summed E-state index contributed by atoms with van der Waals surface area (Å²) in [6.45, 7) is 2.75. The van der Waals surface area contributed by atoms with Crippen molar-refractivity contribution in [3.8, 4) is 12.1 Å². The summed E-state index contributed by atoms with van der Waals surface area (Å²) in [5, 5.41) is 17.9. The van der Waals surface area contributed by atoms with Gasteiger partial charge in [0.25, 0.3) is 0 Å². The van der Waals surface area contributed by atoms with Gasteiger partial charge in [-0.15, -0.1) is 0 Å². The van der Waals surface area contributed by atoms with Crippen LogP contribution in [-0.4, -0.2) is 12.6 Å². The van der Waals surface area contributed by atoms with Crippen molar-refractivity contribution in [1.82, 2.24) is 0 Å². The van der Waals surface area contributed by atoms with Crippen LogP contribution in [0.15, 0.2) is 18.2 Å². The van der Waals surface area contributed by atoms with Crippen molar-refractivity contribution < 1.29 is 0 Å². The van der Waals surface area contributed by atoms with E-state index in [1.54, 1.807) is 0 Å². The Labute approximate surface area is 102 Å². The van der Waals surface area contributed by atoms with Crippen molar-refractivity contribution in [1.29, 1.82) is 10.5 Å². The van der Waals surface area contributed by atoms with E-state index < -0.39 is 0 Å². The topological polar surface area (TPSA) is 50.8 Å². The molecule has 0 heterocycles. The number of nitriles is 2. The smallest absolute Gasteiger partial charge is 0.101 e. The Balaban J connectivity index is 2.35. The molecule has 2 rings (SSSR count). The number of benzene rings is 1. The normalized spacial score (nSPS) is 13.8. The zero-order valence-corrected chi connectivity index (χ0v) is 9.98. The van der Waals surface area contributed by atoms with Crippen molar-refractivity contribution in [2.24, 2.45) is 0 Å². The van der Waals surface area contributed by atoms with Gasteiger partial charge in [-0.25, -0.2) is 0 Å². The second-order valence-electron chi connectivity index (χ2n) is 4.42. The lowest BCUT2D eigenvalue weighted by atomic mass is 10.1. The molecule has 86 valence electrons. The van der Waals surface area contributed by atoms with E-state index in [1.807, 2.05) is 25.1 Å². The third-order valence-electron chi connectivity index (χ3n) is 3.10. The van der Waals surface area contributed by atoms with Gasteiger partial charge >= 0.3 is 0 Å². The first kappa shape index (κ1) is 11.5. The standard InChI is InChI=1S/C14H15N3/c1-11-4-2-5-12(10-16)14(11)17(9-3-8-15)13-6-7-13/h2,4-5,13H,3,6-7,9H2,1H3. The van der Waals surface area contributed by atoms with Crippen LogP contribution < -0.4 is 4.90 Å². The number of aryl methyl sites for hydroxylation is 1. The molecule has 0 saturated heterocycles. The molecule has 0 spiro atoms. The summed E-state index contributed by atoms with van der Waals surface area (Å²) < 4.78 is 0. The maximum atomic E-state index is 9.18. The Hall–Kier alpha value is -2.00. The van der Waals surface area contributed by atoms with Crippen LogP contribution in [0.4, 0.5) is 5.69 Å². The highest BCUT2D eigenvalue weighted by Gasteiger charge is 2.30. The molecule has 0 bridgehead atoms. The highest BCUT2D eigenvalue weighted by molar-refractivity contribution is 5.65. The van der Waals surface area contributed by atoms with Gasteiger partial charge in [0.15, 0.2) is 0 Å². The minimum Gasteiger partial charge on any atom is -0.366 e. The predicted molar refractivity (Wildman–Crippen MR) is 66.5 cm³/mol. The van der Waals surface area contributed by atoms with Crippen LogP contribution in [0.5, 0.6) is 0 Å². The summed E-state index contributed by atoms with van der Waals surface area (Å²) >= 11 is 0. The largest absolute Gasteiger partial charge is 0.366 e. The molecule has 1 saturated carbocycles. The predicted octanol–water partition coefficient (Wildman–Crippen LogP) is 2.75. The van der Waals surface area contributed by atoms with E-state index >= 15 is 0 Å². The molecular formula is C14H15N3. The third kappa shape index (κ3) is 2.40. The molecule has 0 N–H and O–H groups in total. The van der Waals surface area contributed by atoms with E-state index in [0.29, 0.717) is 12.5 Å². The summed E-state index contributed by atoms with van der Waals surface area (Å²) in [4.78, 5) is 2.23. The molecule has 0 aliphatic heterocycles. The molecule has 3 heteroatoms. The van der Waals surface area contributed by atoms with Crippen LogP contribution in [0, 0.1) is 29.6 Å². The molecule has 1 aliphatic rings. The summed E-state index contributed by atoms with van der Waals surface area (Å²) in [6.07, 6.45) is 2.85. The third-order valence-corrected chi connectivity index (χ3v) is 3.10. The fourth-order valence-corrected chi connectivity index (χ4v) is 2.16. The van der Waals surface area contributed by atoms with Gasteiger partial charge in [-0.3, -0.25) is 0 Å². The molecule has 1 aliphatic carbocycles. The second kappa shape index (κ2) is 4.89. The quantitative estimate of drug-likeness (QED) is 0.791. The molecule has 0 atom stereocenters. The number of anilines is 1. The highest BCUT2D eigenvalue weighted by Crippen LogP contribution is 2.35. The lowest BCUT2D eigenvalue weighted by Gasteiger charge is -2.26. The summed E-state index contributed by atoms with van der Waals surface area (Å²) in [7, 11) is 0. The number of para-hydroxylation sites is 1. The molecule has 1 fully saturated rings. The van der Waals surface area contributed by atoms with E-state index in [-0.39, 0.29) is 0 Å². The van der Waals surface area contributed by atoms with Crippen molar-refractivity contribution in [3.05, 3.63) is 29.3 Å². The Morgan fingerprint density at radius 2 is 2.12 bits per heavy atom. The molecular weight excluding hydrogens is 210 g/mol. The number of nitrogens with zero attached hydrogens (tertiary/aromatic N) is 3. The number of hydrogen-bond acceptors (Lipinski definition) is 3.